The summed E-state index contributed by atoms with van der Waals surface area (Å²) >= 11 is 6.13. The Morgan fingerprint density at radius 1 is 1.25 bits per heavy atom. The quantitative estimate of drug-likeness (QED) is 0.870. The first-order chi connectivity index (χ1) is 9.41. The molecular weight excluding hydrogens is 272 g/mol. The summed E-state index contributed by atoms with van der Waals surface area (Å²) in [6.45, 7) is 8.64. The minimum absolute atomic E-state index is 0.0863. The van der Waals surface area contributed by atoms with E-state index in [0.717, 1.165) is 24.2 Å². The topological polar surface area (TPSA) is 41.1 Å². The first-order valence-corrected chi connectivity index (χ1v) is 7.85. The van der Waals surface area contributed by atoms with Crippen molar-refractivity contribution in [3.63, 3.8) is 0 Å². The third-order valence-corrected chi connectivity index (χ3v) is 4.19. The van der Waals surface area contributed by atoms with Crippen molar-refractivity contribution in [2.45, 2.75) is 57.5 Å². The standard InChI is InChI=1S/C15H23ClN4/c1-15(2,3)14-18-12(16)8-13(19-14)17-10-6-7-20(9-10)11-4-5-11/h8,10-11H,4-7,9H2,1-3H3,(H,17,18,19). The molecular formula is C15H23ClN4. The van der Waals surface area contributed by atoms with Gasteiger partial charge in [0.25, 0.3) is 0 Å². The summed E-state index contributed by atoms with van der Waals surface area (Å²) in [6, 6.07) is 3.16. The third kappa shape index (κ3) is 3.23. The van der Waals surface area contributed by atoms with E-state index in [1.807, 2.05) is 6.07 Å². The summed E-state index contributed by atoms with van der Waals surface area (Å²) < 4.78 is 0. The highest BCUT2D eigenvalue weighted by Crippen LogP contribution is 2.31. The van der Waals surface area contributed by atoms with Crippen LogP contribution in [-0.2, 0) is 5.41 Å². The second kappa shape index (κ2) is 5.15. The molecule has 1 aromatic rings. The SMILES string of the molecule is CC(C)(C)c1nc(Cl)cc(NC2CCN(C3CC3)C2)n1. The molecule has 1 atom stereocenters. The summed E-state index contributed by atoms with van der Waals surface area (Å²) in [7, 11) is 0. The molecule has 1 aliphatic carbocycles. The predicted octanol–water partition coefficient (Wildman–Crippen LogP) is 3.08. The first kappa shape index (κ1) is 14.1. The Kier molecular flexibility index (Phi) is 3.63. The molecule has 4 nitrogen and oxygen atoms in total. The lowest BCUT2D eigenvalue weighted by molar-refractivity contribution is 0.326. The number of anilines is 1. The maximum Gasteiger partial charge on any atom is 0.137 e. The Balaban J connectivity index is 1.69. The Hall–Kier alpha value is -0.870. The minimum atomic E-state index is -0.0863. The first-order valence-electron chi connectivity index (χ1n) is 7.47. The van der Waals surface area contributed by atoms with Gasteiger partial charge in [-0.25, -0.2) is 9.97 Å². The molecule has 3 rings (SSSR count). The highest BCUT2D eigenvalue weighted by molar-refractivity contribution is 6.29. The van der Waals surface area contributed by atoms with Gasteiger partial charge in [-0.2, -0.15) is 0 Å². The van der Waals surface area contributed by atoms with Crippen molar-refractivity contribution in [1.29, 1.82) is 0 Å². The van der Waals surface area contributed by atoms with Crippen LogP contribution in [0.1, 0.15) is 45.9 Å². The van der Waals surface area contributed by atoms with Crippen LogP contribution >= 0.6 is 11.6 Å². The van der Waals surface area contributed by atoms with E-state index in [9.17, 15) is 0 Å². The second-order valence-corrected chi connectivity index (χ2v) is 7.39. The Bertz CT molecular complexity index is 493. The smallest absolute Gasteiger partial charge is 0.137 e. The van der Waals surface area contributed by atoms with Gasteiger partial charge in [-0.05, 0) is 19.3 Å². The van der Waals surface area contributed by atoms with Crippen LogP contribution in [0.15, 0.2) is 6.07 Å². The van der Waals surface area contributed by atoms with Gasteiger partial charge in [0.2, 0.25) is 0 Å². The number of nitrogens with zero attached hydrogens (tertiary/aromatic N) is 3. The van der Waals surface area contributed by atoms with E-state index in [-0.39, 0.29) is 5.41 Å². The van der Waals surface area contributed by atoms with Gasteiger partial charge in [0, 0.05) is 36.7 Å². The summed E-state index contributed by atoms with van der Waals surface area (Å²) in [5, 5.41) is 4.05. The molecule has 0 aromatic carbocycles. The van der Waals surface area contributed by atoms with E-state index in [2.05, 4.69) is 41.0 Å². The molecule has 110 valence electrons. The van der Waals surface area contributed by atoms with Crippen LogP contribution in [0.3, 0.4) is 0 Å². The number of hydrogen-bond donors (Lipinski definition) is 1. The molecule has 0 spiro atoms. The van der Waals surface area contributed by atoms with Gasteiger partial charge in [-0.1, -0.05) is 32.4 Å². The van der Waals surface area contributed by atoms with Crippen molar-refractivity contribution in [3.8, 4) is 0 Å². The second-order valence-electron chi connectivity index (χ2n) is 7.01. The van der Waals surface area contributed by atoms with E-state index in [0.29, 0.717) is 11.2 Å². The molecule has 1 aliphatic heterocycles. The number of nitrogens with one attached hydrogen (secondary N) is 1. The van der Waals surface area contributed by atoms with E-state index >= 15 is 0 Å². The number of rotatable bonds is 3. The molecule has 1 unspecified atom stereocenters. The molecule has 5 heteroatoms. The zero-order valence-electron chi connectivity index (χ0n) is 12.5. The van der Waals surface area contributed by atoms with Crippen molar-refractivity contribution < 1.29 is 0 Å². The molecule has 2 aliphatic rings. The average Bonchev–Trinajstić information content (AvgIpc) is 3.09. The van der Waals surface area contributed by atoms with Crippen molar-refractivity contribution in [1.82, 2.24) is 14.9 Å². The van der Waals surface area contributed by atoms with Crippen LogP contribution in [0.4, 0.5) is 5.82 Å². The lowest BCUT2D eigenvalue weighted by atomic mass is 9.96. The molecule has 1 N–H and O–H groups in total. The lowest BCUT2D eigenvalue weighted by Gasteiger charge is -2.20. The minimum Gasteiger partial charge on any atom is -0.366 e. The maximum atomic E-state index is 6.13. The molecule has 1 saturated carbocycles. The molecule has 0 radical (unpaired) electrons. The van der Waals surface area contributed by atoms with E-state index in [4.69, 9.17) is 11.6 Å². The Morgan fingerprint density at radius 3 is 2.65 bits per heavy atom. The van der Waals surface area contributed by atoms with Crippen LogP contribution in [0.25, 0.3) is 0 Å². The molecule has 2 fully saturated rings. The van der Waals surface area contributed by atoms with Crippen molar-refractivity contribution in [2.24, 2.45) is 0 Å². The van der Waals surface area contributed by atoms with Gasteiger partial charge in [0.1, 0.15) is 16.8 Å². The molecule has 0 bridgehead atoms. The van der Waals surface area contributed by atoms with Crippen LogP contribution in [0.2, 0.25) is 5.15 Å². The van der Waals surface area contributed by atoms with Crippen LogP contribution < -0.4 is 5.32 Å². The fourth-order valence-electron chi connectivity index (χ4n) is 2.71. The fourth-order valence-corrected chi connectivity index (χ4v) is 2.90. The van der Waals surface area contributed by atoms with Gasteiger partial charge in [-0.15, -0.1) is 0 Å². The van der Waals surface area contributed by atoms with Crippen LogP contribution in [0, 0.1) is 0 Å². The fraction of sp³-hybridized carbons (Fsp3) is 0.733. The number of likely N-dealkylation sites (tertiary alicyclic amines) is 1. The van der Waals surface area contributed by atoms with Gasteiger partial charge in [-0.3, -0.25) is 4.90 Å². The molecule has 2 heterocycles. The zero-order valence-corrected chi connectivity index (χ0v) is 13.2. The average molecular weight is 295 g/mol. The molecule has 0 amide bonds. The van der Waals surface area contributed by atoms with Crippen molar-refractivity contribution in [3.05, 3.63) is 17.0 Å². The van der Waals surface area contributed by atoms with E-state index in [1.165, 1.54) is 25.8 Å². The van der Waals surface area contributed by atoms with Crippen molar-refractivity contribution in [2.75, 3.05) is 18.4 Å². The largest absolute Gasteiger partial charge is 0.366 e. The third-order valence-electron chi connectivity index (χ3n) is 4.00. The number of hydrogen-bond acceptors (Lipinski definition) is 4. The van der Waals surface area contributed by atoms with Gasteiger partial charge >= 0.3 is 0 Å². The maximum absolute atomic E-state index is 6.13. The number of aromatic nitrogens is 2. The van der Waals surface area contributed by atoms with Gasteiger partial charge in [0.15, 0.2) is 0 Å². The van der Waals surface area contributed by atoms with Crippen LogP contribution in [-0.4, -0.2) is 40.0 Å². The summed E-state index contributed by atoms with van der Waals surface area (Å²) in [6.07, 6.45) is 3.93. The van der Waals surface area contributed by atoms with E-state index in [1.54, 1.807) is 0 Å². The predicted molar refractivity (Wildman–Crippen MR) is 82.4 cm³/mol. The molecule has 1 saturated heterocycles. The summed E-state index contributed by atoms with van der Waals surface area (Å²) in [5.74, 6) is 1.65. The van der Waals surface area contributed by atoms with Crippen molar-refractivity contribution >= 4 is 17.4 Å². The van der Waals surface area contributed by atoms with E-state index < -0.39 is 0 Å². The Labute approximate surface area is 125 Å². The normalized spacial score (nSPS) is 24.1. The van der Waals surface area contributed by atoms with Crippen LogP contribution in [0.5, 0.6) is 0 Å². The van der Waals surface area contributed by atoms with Gasteiger partial charge in [0.05, 0.1) is 0 Å². The zero-order chi connectivity index (χ0) is 14.3. The highest BCUT2D eigenvalue weighted by atomic mass is 35.5. The molecule has 1 aromatic heterocycles. The Morgan fingerprint density at radius 2 is 2.00 bits per heavy atom. The monoisotopic (exact) mass is 294 g/mol. The number of halogens is 1. The molecule has 20 heavy (non-hydrogen) atoms. The lowest BCUT2D eigenvalue weighted by Crippen LogP contribution is -2.28. The summed E-state index contributed by atoms with van der Waals surface area (Å²) in [4.78, 5) is 11.6. The highest BCUT2D eigenvalue weighted by Gasteiger charge is 2.34. The summed E-state index contributed by atoms with van der Waals surface area (Å²) in [5.41, 5.74) is -0.0863. The van der Waals surface area contributed by atoms with Gasteiger partial charge < -0.3 is 5.32 Å².